The smallest absolute Gasteiger partial charge is 0.286 e. The second-order valence-electron chi connectivity index (χ2n) is 5.79. The van der Waals surface area contributed by atoms with E-state index >= 15 is 0 Å². The fourth-order valence-corrected chi connectivity index (χ4v) is 2.84. The molecule has 2 heterocycles. The van der Waals surface area contributed by atoms with Crippen molar-refractivity contribution in [1.82, 2.24) is 10.2 Å². The van der Waals surface area contributed by atoms with Crippen molar-refractivity contribution >= 4 is 11.8 Å². The molecule has 2 amide bonds. The van der Waals surface area contributed by atoms with Crippen LogP contribution in [0.2, 0.25) is 0 Å². The maximum absolute atomic E-state index is 12.4. The van der Waals surface area contributed by atoms with Crippen molar-refractivity contribution in [3.63, 3.8) is 0 Å². The van der Waals surface area contributed by atoms with Gasteiger partial charge in [-0.05, 0) is 43.0 Å². The molecule has 1 fully saturated rings. The Labute approximate surface area is 135 Å². The Balaban J connectivity index is 1.45. The predicted molar refractivity (Wildman–Crippen MR) is 86.1 cm³/mol. The van der Waals surface area contributed by atoms with Gasteiger partial charge in [0.2, 0.25) is 0 Å². The molecule has 0 radical (unpaired) electrons. The van der Waals surface area contributed by atoms with Gasteiger partial charge >= 0.3 is 0 Å². The van der Waals surface area contributed by atoms with E-state index in [1.54, 1.807) is 12.1 Å². The predicted octanol–water partition coefficient (Wildman–Crippen LogP) is 2.56. The first-order chi connectivity index (χ1) is 11.2. The van der Waals surface area contributed by atoms with Crippen LogP contribution in [0.4, 0.5) is 0 Å². The minimum Gasteiger partial charge on any atom is -0.459 e. The third-order valence-electron chi connectivity index (χ3n) is 4.22. The van der Waals surface area contributed by atoms with Gasteiger partial charge in [0.1, 0.15) is 0 Å². The van der Waals surface area contributed by atoms with Crippen LogP contribution >= 0.6 is 0 Å². The molecule has 2 aromatic rings. The second-order valence-corrected chi connectivity index (χ2v) is 5.79. The fourth-order valence-electron chi connectivity index (χ4n) is 2.84. The van der Waals surface area contributed by atoms with E-state index in [2.05, 4.69) is 5.32 Å². The SMILES string of the molecule is O=C(NCC1CCN(C(=O)c2ccccc2)CC1)c1ccco1. The van der Waals surface area contributed by atoms with Gasteiger partial charge in [0.15, 0.2) is 5.76 Å². The Morgan fingerprint density at radius 1 is 1.09 bits per heavy atom. The normalized spacial score (nSPS) is 15.4. The van der Waals surface area contributed by atoms with Crippen LogP contribution in [0.3, 0.4) is 0 Å². The molecular formula is C18H20N2O3. The van der Waals surface area contributed by atoms with Crippen molar-refractivity contribution in [1.29, 1.82) is 0 Å². The quantitative estimate of drug-likeness (QED) is 0.944. The van der Waals surface area contributed by atoms with Crippen molar-refractivity contribution in [2.45, 2.75) is 12.8 Å². The topological polar surface area (TPSA) is 62.6 Å². The Kier molecular flexibility index (Phi) is 4.76. The number of benzene rings is 1. The van der Waals surface area contributed by atoms with Crippen molar-refractivity contribution in [2.24, 2.45) is 5.92 Å². The molecule has 0 unspecified atom stereocenters. The highest BCUT2D eigenvalue weighted by Crippen LogP contribution is 2.18. The zero-order chi connectivity index (χ0) is 16.1. The molecule has 1 aromatic carbocycles. The lowest BCUT2D eigenvalue weighted by atomic mass is 9.96. The largest absolute Gasteiger partial charge is 0.459 e. The van der Waals surface area contributed by atoms with Gasteiger partial charge in [0, 0.05) is 25.2 Å². The van der Waals surface area contributed by atoms with Gasteiger partial charge in [-0.25, -0.2) is 0 Å². The molecule has 1 aliphatic heterocycles. The van der Waals surface area contributed by atoms with Crippen molar-refractivity contribution < 1.29 is 14.0 Å². The molecule has 0 saturated carbocycles. The third-order valence-corrected chi connectivity index (χ3v) is 4.22. The molecular weight excluding hydrogens is 292 g/mol. The van der Waals surface area contributed by atoms with Crippen LogP contribution in [-0.4, -0.2) is 36.3 Å². The number of piperidine rings is 1. The number of furan rings is 1. The Morgan fingerprint density at radius 3 is 2.48 bits per heavy atom. The summed E-state index contributed by atoms with van der Waals surface area (Å²) in [6.45, 7) is 2.08. The Hall–Kier alpha value is -2.56. The highest BCUT2D eigenvalue weighted by Gasteiger charge is 2.24. The summed E-state index contributed by atoms with van der Waals surface area (Å²) < 4.78 is 5.07. The van der Waals surface area contributed by atoms with Gasteiger partial charge in [-0.1, -0.05) is 18.2 Å². The van der Waals surface area contributed by atoms with Crippen LogP contribution in [0.15, 0.2) is 53.1 Å². The van der Waals surface area contributed by atoms with Crippen LogP contribution in [0.1, 0.15) is 33.8 Å². The molecule has 1 aliphatic rings. The first-order valence-electron chi connectivity index (χ1n) is 7.90. The number of nitrogens with zero attached hydrogens (tertiary/aromatic N) is 1. The van der Waals surface area contributed by atoms with Crippen LogP contribution in [0.5, 0.6) is 0 Å². The van der Waals surface area contributed by atoms with E-state index in [0.717, 1.165) is 31.5 Å². The summed E-state index contributed by atoms with van der Waals surface area (Å²) in [5.41, 5.74) is 0.733. The first kappa shape index (κ1) is 15.3. The molecule has 120 valence electrons. The number of likely N-dealkylation sites (tertiary alicyclic amines) is 1. The number of nitrogens with one attached hydrogen (secondary N) is 1. The summed E-state index contributed by atoms with van der Waals surface area (Å²) in [7, 11) is 0. The molecule has 0 bridgehead atoms. The zero-order valence-corrected chi connectivity index (χ0v) is 12.9. The van der Waals surface area contributed by atoms with Gasteiger partial charge in [-0.2, -0.15) is 0 Å². The molecule has 5 nitrogen and oxygen atoms in total. The molecule has 1 aromatic heterocycles. The minimum absolute atomic E-state index is 0.0867. The van der Waals surface area contributed by atoms with Gasteiger partial charge in [0.05, 0.1) is 6.26 Å². The molecule has 5 heteroatoms. The van der Waals surface area contributed by atoms with Crippen molar-refractivity contribution in [3.8, 4) is 0 Å². The Morgan fingerprint density at radius 2 is 1.83 bits per heavy atom. The summed E-state index contributed by atoms with van der Waals surface area (Å²) in [5.74, 6) is 0.636. The van der Waals surface area contributed by atoms with Gasteiger partial charge in [0.25, 0.3) is 11.8 Å². The maximum atomic E-state index is 12.4. The summed E-state index contributed by atoms with van der Waals surface area (Å²) in [4.78, 5) is 26.1. The summed E-state index contributed by atoms with van der Waals surface area (Å²) in [5, 5.41) is 2.89. The molecule has 0 aliphatic carbocycles. The van der Waals surface area contributed by atoms with E-state index in [1.165, 1.54) is 6.26 Å². The van der Waals surface area contributed by atoms with Crippen LogP contribution in [0, 0.1) is 5.92 Å². The number of hydrogen-bond donors (Lipinski definition) is 1. The number of rotatable bonds is 4. The zero-order valence-electron chi connectivity index (χ0n) is 12.9. The fraction of sp³-hybridized carbons (Fsp3) is 0.333. The maximum Gasteiger partial charge on any atom is 0.286 e. The van der Waals surface area contributed by atoms with Crippen molar-refractivity contribution in [2.75, 3.05) is 19.6 Å². The van der Waals surface area contributed by atoms with Gasteiger partial charge in [-0.15, -0.1) is 0 Å². The summed E-state index contributed by atoms with van der Waals surface area (Å²) in [6, 6.07) is 12.7. The van der Waals surface area contributed by atoms with Gasteiger partial charge in [-0.3, -0.25) is 9.59 Å². The highest BCUT2D eigenvalue weighted by molar-refractivity contribution is 5.94. The van der Waals surface area contributed by atoms with Crippen molar-refractivity contribution in [3.05, 3.63) is 60.1 Å². The van der Waals surface area contributed by atoms with E-state index in [9.17, 15) is 9.59 Å². The average molecular weight is 312 g/mol. The van der Waals surface area contributed by atoms with Crippen LogP contribution in [-0.2, 0) is 0 Å². The molecule has 23 heavy (non-hydrogen) atoms. The average Bonchev–Trinajstić information content (AvgIpc) is 3.15. The number of hydrogen-bond acceptors (Lipinski definition) is 3. The van der Waals surface area contributed by atoms with E-state index in [-0.39, 0.29) is 11.8 Å². The molecule has 1 saturated heterocycles. The molecule has 3 rings (SSSR count). The Bertz CT molecular complexity index is 644. The lowest BCUT2D eigenvalue weighted by molar-refractivity contribution is 0.0683. The number of amides is 2. The molecule has 0 atom stereocenters. The lowest BCUT2D eigenvalue weighted by Gasteiger charge is -2.32. The highest BCUT2D eigenvalue weighted by atomic mass is 16.3. The van der Waals surface area contributed by atoms with E-state index in [1.807, 2.05) is 35.2 Å². The molecule has 0 spiro atoms. The standard InChI is InChI=1S/C18H20N2O3/c21-17(16-7-4-12-23-16)19-13-14-8-10-20(11-9-14)18(22)15-5-2-1-3-6-15/h1-7,12,14H,8-11,13H2,(H,19,21). The number of carbonyl (C=O) groups excluding carboxylic acids is 2. The monoisotopic (exact) mass is 312 g/mol. The van der Waals surface area contributed by atoms with E-state index < -0.39 is 0 Å². The summed E-state index contributed by atoms with van der Waals surface area (Å²) in [6.07, 6.45) is 3.29. The lowest BCUT2D eigenvalue weighted by Crippen LogP contribution is -2.41. The third kappa shape index (κ3) is 3.80. The summed E-state index contributed by atoms with van der Waals surface area (Å²) >= 11 is 0. The van der Waals surface area contributed by atoms with E-state index in [0.29, 0.717) is 18.2 Å². The van der Waals surface area contributed by atoms with Crippen LogP contribution in [0.25, 0.3) is 0 Å². The van der Waals surface area contributed by atoms with E-state index in [4.69, 9.17) is 4.42 Å². The van der Waals surface area contributed by atoms with Crippen LogP contribution < -0.4 is 5.32 Å². The number of carbonyl (C=O) groups is 2. The van der Waals surface area contributed by atoms with Gasteiger partial charge < -0.3 is 14.6 Å². The minimum atomic E-state index is -0.183. The second kappa shape index (κ2) is 7.13. The molecule has 1 N–H and O–H groups in total. The first-order valence-corrected chi connectivity index (χ1v) is 7.90.